The first-order valence-corrected chi connectivity index (χ1v) is 14.1. The zero-order valence-corrected chi connectivity index (χ0v) is 24.4. The fraction of sp³-hybridized carbons (Fsp3) is 0.750. The van der Waals surface area contributed by atoms with Gasteiger partial charge in [-0.1, -0.05) is 51.0 Å². The predicted octanol–water partition coefficient (Wildman–Crippen LogP) is 6.09. The van der Waals surface area contributed by atoms with Gasteiger partial charge in [-0.3, -0.25) is 9.59 Å². The quantitative estimate of drug-likeness (QED) is 0.272. The first-order valence-electron chi connectivity index (χ1n) is 14.1. The highest BCUT2D eigenvalue weighted by Gasteiger charge is 2.65. The van der Waals surface area contributed by atoms with Crippen molar-refractivity contribution in [2.75, 3.05) is 0 Å². The minimum absolute atomic E-state index is 0.00299. The molecule has 4 saturated carbocycles. The van der Waals surface area contributed by atoms with Crippen molar-refractivity contribution >= 4 is 11.8 Å². The van der Waals surface area contributed by atoms with Crippen LogP contribution in [-0.4, -0.2) is 39.8 Å². The molecule has 0 aromatic carbocycles. The Morgan fingerprint density at radius 1 is 0.973 bits per heavy atom. The van der Waals surface area contributed by atoms with Gasteiger partial charge in [0.05, 0.1) is 11.7 Å². The van der Waals surface area contributed by atoms with Crippen molar-refractivity contribution in [3.05, 3.63) is 34.4 Å². The van der Waals surface area contributed by atoms with Crippen LogP contribution in [0.2, 0.25) is 0 Å². The average Bonchev–Trinajstić information content (AvgIpc) is 3.18. The summed E-state index contributed by atoms with van der Waals surface area (Å²) in [4.78, 5) is 25.5. The highest BCUT2D eigenvalue weighted by molar-refractivity contribution is 6.00. The molecule has 4 fully saturated rings. The SMILES string of the molecule is CC(=O)O[C@H]1CC[C@@]2(C)[C@@H](CC[C@]3(C)/C(=C(C)/C=C/[C@H]4C(=C(C)C)C[C@H](O)[C@]4(C)O)C(=O)C[C@@H]23)C1(C)C. The molecule has 0 aromatic rings. The van der Waals surface area contributed by atoms with E-state index >= 15 is 0 Å². The van der Waals surface area contributed by atoms with Gasteiger partial charge in [-0.15, -0.1) is 0 Å². The maximum atomic E-state index is 13.7. The largest absolute Gasteiger partial charge is 0.462 e. The van der Waals surface area contributed by atoms with Crippen LogP contribution < -0.4 is 0 Å². The molecule has 0 heterocycles. The first-order chi connectivity index (χ1) is 17.0. The molecule has 0 bridgehead atoms. The second-order valence-electron chi connectivity index (χ2n) is 14.0. The minimum Gasteiger partial charge on any atom is -0.462 e. The summed E-state index contributed by atoms with van der Waals surface area (Å²) in [6.07, 6.45) is 7.94. The molecule has 0 saturated heterocycles. The summed E-state index contributed by atoms with van der Waals surface area (Å²) >= 11 is 0. The summed E-state index contributed by atoms with van der Waals surface area (Å²) in [6, 6.07) is 0. The lowest BCUT2D eigenvalue weighted by atomic mass is 9.43. The third kappa shape index (κ3) is 4.29. The van der Waals surface area contributed by atoms with Crippen LogP contribution in [0.25, 0.3) is 0 Å². The number of ether oxygens (including phenoxy) is 1. The molecule has 4 rings (SSSR count). The number of aliphatic hydroxyl groups excluding tert-OH is 1. The summed E-state index contributed by atoms with van der Waals surface area (Å²) in [5.74, 6) is 0.406. The van der Waals surface area contributed by atoms with Gasteiger partial charge in [0, 0.05) is 35.7 Å². The number of fused-ring (bicyclic) bond motifs is 3. The van der Waals surface area contributed by atoms with Crippen molar-refractivity contribution in [2.24, 2.45) is 34.0 Å². The van der Waals surface area contributed by atoms with Crippen molar-refractivity contribution in [1.82, 2.24) is 0 Å². The zero-order valence-electron chi connectivity index (χ0n) is 24.4. The lowest BCUT2D eigenvalue weighted by Crippen LogP contribution is -2.58. The number of esters is 1. The molecule has 0 amide bonds. The Labute approximate surface area is 223 Å². The second-order valence-corrected chi connectivity index (χ2v) is 14.0. The number of hydrogen-bond donors (Lipinski definition) is 2. The van der Waals surface area contributed by atoms with E-state index in [1.165, 1.54) is 6.92 Å². The van der Waals surface area contributed by atoms with E-state index < -0.39 is 11.7 Å². The van der Waals surface area contributed by atoms with Crippen LogP contribution in [0.1, 0.15) is 101 Å². The third-order valence-corrected chi connectivity index (χ3v) is 11.2. The van der Waals surface area contributed by atoms with Gasteiger partial charge in [-0.2, -0.15) is 0 Å². The zero-order chi connectivity index (χ0) is 27.7. The van der Waals surface area contributed by atoms with E-state index in [0.717, 1.165) is 48.0 Å². The molecule has 0 aromatic heterocycles. The third-order valence-electron chi connectivity index (χ3n) is 11.2. The van der Waals surface area contributed by atoms with E-state index in [-0.39, 0.29) is 45.9 Å². The molecule has 5 nitrogen and oxygen atoms in total. The molecule has 4 aliphatic carbocycles. The topological polar surface area (TPSA) is 83.8 Å². The van der Waals surface area contributed by atoms with Crippen molar-refractivity contribution in [2.45, 2.75) is 119 Å². The van der Waals surface area contributed by atoms with Crippen LogP contribution in [0.15, 0.2) is 34.4 Å². The monoisotopic (exact) mass is 512 g/mol. The standard InChI is InChI=1S/C32H48O5/c1-18(2)21-16-26(35)32(9,36)22(21)11-10-19(3)28-23(34)17-25-30(7)15-13-27(37-20(4)33)29(5,6)24(30)12-14-31(25,28)8/h10-11,22,24-27,35-36H,12-17H2,1-9H3/b11-10+,28-19+/t22-,24-,25-,26-,27-,30-,31-,32+/m0/s1. The van der Waals surface area contributed by atoms with Crippen molar-refractivity contribution in [1.29, 1.82) is 0 Å². The first kappa shape index (κ1) is 28.3. The summed E-state index contributed by atoms with van der Waals surface area (Å²) in [7, 11) is 0. The fourth-order valence-electron chi connectivity index (χ4n) is 9.22. The molecule has 5 heteroatoms. The Kier molecular flexibility index (Phi) is 7.03. The van der Waals surface area contributed by atoms with Crippen LogP contribution in [0, 0.1) is 34.0 Å². The number of carbonyl (C=O) groups is 2. The Hall–Kier alpha value is -1.72. The van der Waals surface area contributed by atoms with Crippen molar-refractivity contribution in [3.63, 3.8) is 0 Å². The summed E-state index contributed by atoms with van der Waals surface area (Å²) in [6.45, 7) is 18.5. The number of Topliss-reactive ketones (excluding diaryl/α,β-unsaturated/α-hetero) is 1. The molecule has 37 heavy (non-hydrogen) atoms. The Morgan fingerprint density at radius 3 is 2.22 bits per heavy atom. The van der Waals surface area contributed by atoms with E-state index in [9.17, 15) is 19.8 Å². The highest BCUT2D eigenvalue weighted by atomic mass is 16.5. The van der Waals surface area contributed by atoms with E-state index in [4.69, 9.17) is 4.74 Å². The smallest absolute Gasteiger partial charge is 0.302 e. The van der Waals surface area contributed by atoms with Crippen LogP contribution in [0.3, 0.4) is 0 Å². The summed E-state index contributed by atoms with van der Waals surface area (Å²) in [5.41, 5.74) is 2.58. The van der Waals surface area contributed by atoms with E-state index in [1.807, 2.05) is 32.9 Å². The van der Waals surface area contributed by atoms with Gasteiger partial charge >= 0.3 is 5.97 Å². The molecule has 4 aliphatic rings. The highest BCUT2D eigenvalue weighted by Crippen LogP contribution is 2.69. The maximum Gasteiger partial charge on any atom is 0.302 e. The van der Waals surface area contributed by atoms with Crippen LogP contribution in [0.5, 0.6) is 0 Å². The Balaban J connectivity index is 1.68. The van der Waals surface area contributed by atoms with Crippen LogP contribution >= 0.6 is 0 Å². The predicted molar refractivity (Wildman–Crippen MR) is 146 cm³/mol. The molecule has 8 atom stereocenters. The van der Waals surface area contributed by atoms with Gasteiger partial charge < -0.3 is 14.9 Å². The van der Waals surface area contributed by atoms with Gasteiger partial charge in [-0.05, 0) is 82.6 Å². The van der Waals surface area contributed by atoms with Gasteiger partial charge in [0.2, 0.25) is 0 Å². The number of allylic oxidation sites excluding steroid dienone is 4. The molecule has 0 radical (unpaired) electrons. The number of ketones is 1. The molecule has 2 N–H and O–H groups in total. The van der Waals surface area contributed by atoms with E-state index in [0.29, 0.717) is 18.8 Å². The van der Waals surface area contributed by atoms with Crippen molar-refractivity contribution in [3.8, 4) is 0 Å². The Morgan fingerprint density at radius 2 is 1.62 bits per heavy atom. The lowest BCUT2D eigenvalue weighted by Gasteiger charge is -2.62. The normalized spacial score (nSPS) is 44.6. The van der Waals surface area contributed by atoms with Gasteiger partial charge in [0.15, 0.2) is 5.78 Å². The molecular weight excluding hydrogens is 464 g/mol. The van der Waals surface area contributed by atoms with E-state index in [2.05, 4.69) is 27.7 Å². The number of rotatable bonds is 3. The van der Waals surface area contributed by atoms with Gasteiger partial charge in [-0.25, -0.2) is 0 Å². The summed E-state index contributed by atoms with van der Waals surface area (Å²) in [5, 5.41) is 21.5. The number of hydrogen-bond acceptors (Lipinski definition) is 5. The Bertz CT molecular complexity index is 1070. The number of carbonyl (C=O) groups excluding carboxylic acids is 2. The molecule has 0 unspecified atom stereocenters. The van der Waals surface area contributed by atoms with Crippen LogP contribution in [-0.2, 0) is 14.3 Å². The maximum absolute atomic E-state index is 13.7. The molecular formula is C32H48O5. The summed E-state index contributed by atoms with van der Waals surface area (Å²) < 4.78 is 5.78. The van der Waals surface area contributed by atoms with Crippen molar-refractivity contribution < 1.29 is 24.5 Å². The fourth-order valence-corrected chi connectivity index (χ4v) is 9.22. The average molecular weight is 513 g/mol. The minimum atomic E-state index is -1.22. The second kappa shape index (κ2) is 9.19. The van der Waals surface area contributed by atoms with E-state index in [1.54, 1.807) is 6.92 Å². The molecule has 0 aliphatic heterocycles. The van der Waals surface area contributed by atoms with Crippen LogP contribution in [0.4, 0.5) is 0 Å². The van der Waals surface area contributed by atoms with Gasteiger partial charge in [0.1, 0.15) is 6.10 Å². The molecule has 206 valence electrons. The lowest BCUT2D eigenvalue weighted by molar-refractivity contribution is -0.185. The number of aliphatic hydroxyl groups is 2. The van der Waals surface area contributed by atoms with Gasteiger partial charge in [0.25, 0.3) is 0 Å². The molecule has 0 spiro atoms.